The third-order valence-corrected chi connectivity index (χ3v) is 3.46. The molecule has 0 saturated carbocycles. The summed E-state index contributed by atoms with van der Waals surface area (Å²) < 4.78 is 51.8. The maximum atomic E-state index is 13.4. The Morgan fingerprint density at radius 3 is 2.58 bits per heavy atom. The molecule has 1 aromatic carbocycles. The average Bonchev–Trinajstić information content (AvgIpc) is 2.32. The Hall–Kier alpha value is -1.98. The van der Waals surface area contributed by atoms with Gasteiger partial charge >= 0.3 is 5.97 Å². The van der Waals surface area contributed by atoms with Gasteiger partial charge in [-0.25, -0.2) is 22.0 Å². The third kappa shape index (κ3) is 3.49. The number of hydrogen-bond donors (Lipinski definition) is 2. The topological polar surface area (TPSA) is 83.5 Å². The van der Waals surface area contributed by atoms with E-state index < -0.39 is 38.1 Å². The first kappa shape index (κ1) is 15.1. The van der Waals surface area contributed by atoms with Crippen molar-refractivity contribution in [3.8, 4) is 11.8 Å². The van der Waals surface area contributed by atoms with Crippen molar-refractivity contribution in [1.29, 1.82) is 0 Å². The van der Waals surface area contributed by atoms with Gasteiger partial charge < -0.3 is 5.11 Å². The van der Waals surface area contributed by atoms with Gasteiger partial charge in [0.2, 0.25) is 10.0 Å². The summed E-state index contributed by atoms with van der Waals surface area (Å²) in [4.78, 5) is 9.61. The van der Waals surface area contributed by atoms with Crippen molar-refractivity contribution in [3.63, 3.8) is 0 Å². The Bertz CT molecular complexity index is 674. The molecule has 0 fully saturated rings. The van der Waals surface area contributed by atoms with Gasteiger partial charge in [0.25, 0.3) is 0 Å². The van der Waals surface area contributed by atoms with Gasteiger partial charge in [0.05, 0.1) is 12.1 Å². The van der Waals surface area contributed by atoms with E-state index in [9.17, 15) is 22.0 Å². The van der Waals surface area contributed by atoms with Crippen LogP contribution in [-0.4, -0.2) is 26.0 Å². The molecule has 5 nitrogen and oxygen atoms in total. The molecule has 0 saturated heterocycles. The Morgan fingerprint density at radius 2 is 2.05 bits per heavy atom. The van der Waals surface area contributed by atoms with Crippen LogP contribution < -0.4 is 4.72 Å². The monoisotopic (exact) mass is 289 g/mol. The second kappa shape index (κ2) is 5.77. The van der Waals surface area contributed by atoms with E-state index in [1.54, 1.807) is 0 Å². The molecule has 19 heavy (non-hydrogen) atoms. The number of halogens is 2. The summed E-state index contributed by atoms with van der Waals surface area (Å²) in [5.74, 6) is 0.0243. The maximum Gasteiger partial charge on any atom is 0.335 e. The smallest absolute Gasteiger partial charge is 0.335 e. The fourth-order valence-corrected chi connectivity index (χ4v) is 2.21. The molecule has 0 aliphatic carbocycles. The molecule has 0 aliphatic rings. The second-order valence-corrected chi connectivity index (χ2v) is 5.06. The lowest BCUT2D eigenvalue weighted by atomic mass is 10.2. The van der Waals surface area contributed by atoms with Crippen LogP contribution in [0.4, 0.5) is 8.78 Å². The number of hydrogen-bond acceptors (Lipinski definition) is 3. The van der Waals surface area contributed by atoms with Crippen LogP contribution >= 0.6 is 0 Å². The second-order valence-electron chi connectivity index (χ2n) is 3.33. The highest BCUT2D eigenvalue weighted by atomic mass is 32.2. The average molecular weight is 289 g/mol. The highest BCUT2D eigenvalue weighted by Crippen LogP contribution is 2.19. The van der Waals surface area contributed by atoms with Crippen LogP contribution in [-0.2, 0) is 10.0 Å². The molecular weight excluding hydrogens is 280 g/mol. The molecule has 1 rings (SSSR count). The first-order chi connectivity index (χ1) is 8.79. The molecule has 0 radical (unpaired) electrons. The van der Waals surface area contributed by atoms with Crippen LogP contribution in [0.5, 0.6) is 0 Å². The number of rotatable bonds is 4. The molecule has 102 valence electrons. The summed E-state index contributed by atoms with van der Waals surface area (Å²) >= 11 is 0. The zero-order chi connectivity index (χ0) is 14.6. The first-order valence-electron chi connectivity index (χ1n) is 4.91. The molecule has 0 heterocycles. The number of carboxylic acid groups (broad SMARTS) is 1. The molecule has 0 aromatic heterocycles. The van der Waals surface area contributed by atoms with E-state index in [4.69, 9.17) is 5.11 Å². The highest BCUT2D eigenvalue weighted by Gasteiger charge is 2.24. The number of carbonyl (C=O) groups is 1. The largest absolute Gasteiger partial charge is 0.478 e. The Kier molecular flexibility index (Phi) is 4.58. The SMILES string of the molecule is CC#CCNS(=O)(=O)c1cc(C(=O)O)cc(F)c1F. The third-order valence-electron chi connectivity index (χ3n) is 2.06. The first-order valence-corrected chi connectivity index (χ1v) is 6.39. The number of benzene rings is 1. The predicted molar refractivity (Wildman–Crippen MR) is 62.0 cm³/mol. The van der Waals surface area contributed by atoms with Crippen LogP contribution in [0.1, 0.15) is 17.3 Å². The molecule has 0 bridgehead atoms. The van der Waals surface area contributed by atoms with E-state index in [0.29, 0.717) is 12.1 Å². The summed E-state index contributed by atoms with van der Waals surface area (Å²) in [6, 6.07) is 0.949. The van der Waals surface area contributed by atoms with Gasteiger partial charge in [0.1, 0.15) is 4.90 Å². The van der Waals surface area contributed by atoms with Crippen molar-refractivity contribution in [3.05, 3.63) is 29.3 Å². The van der Waals surface area contributed by atoms with E-state index in [0.717, 1.165) is 0 Å². The Labute approximate surface area is 108 Å². The van der Waals surface area contributed by atoms with Gasteiger partial charge in [0.15, 0.2) is 11.6 Å². The van der Waals surface area contributed by atoms with Crippen LogP contribution in [0.25, 0.3) is 0 Å². The zero-order valence-electron chi connectivity index (χ0n) is 9.70. The minimum Gasteiger partial charge on any atom is -0.478 e. The highest BCUT2D eigenvalue weighted by molar-refractivity contribution is 7.89. The Balaban J connectivity index is 3.31. The molecule has 8 heteroatoms. The van der Waals surface area contributed by atoms with E-state index in [1.165, 1.54) is 6.92 Å². The quantitative estimate of drug-likeness (QED) is 0.809. The lowest BCUT2D eigenvalue weighted by molar-refractivity contribution is 0.0696. The van der Waals surface area contributed by atoms with E-state index in [1.807, 2.05) is 4.72 Å². The summed E-state index contributed by atoms with van der Waals surface area (Å²) in [5.41, 5.74) is -0.666. The van der Waals surface area contributed by atoms with E-state index >= 15 is 0 Å². The molecule has 0 aliphatic heterocycles. The maximum absolute atomic E-state index is 13.4. The minimum atomic E-state index is -4.37. The van der Waals surface area contributed by atoms with Crippen LogP contribution in [0, 0.1) is 23.5 Å². The molecule has 1 aromatic rings. The van der Waals surface area contributed by atoms with Crippen molar-refractivity contribution >= 4 is 16.0 Å². The fraction of sp³-hybridized carbons (Fsp3) is 0.182. The zero-order valence-corrected chi connectivity index (χ0v) is 10.5. The standard InChI is InChI=1S/C11H9F2NO4S/c1-2-3-4-14-19(17,18)9-6-7(11(15)16)5-8(12)10(9)13/h5-6,14H,4H2,1H3,(H,15,16). The summed E-state index contributed by atoms with van der Waals surface area (Å²) in [5, 5.41) is 8.68. The molecule has 0 atom stereocenters. The summed E-state index contributed by atoms with van der Waals surface area (Å²) in [6.45, 7) is 1.18. The number of carboxylic acids is 1. The van der Waals surface area contributed by atoms with Gasteiger partial charge in [-0.05, 0) is 19.1 Å². The molecular formula is C11H9F2NO4S. The normalized spacial score (nSPS) is 10.7. The van der Waals surface area contributed by atoms with Gasteiger partial charge in [-0.3, -0.25) is 0 Å². The lowest BCUT2D eigenvalue weighted by Crippen LogP contribution is -2.25. The molecule has 0 amide bonds. The van der Waals surface area contributed by atoms with E-state index in [-0.39, 0.29) is 6.54 Å². The van der Waals surface area contributed by atoms with Crippen molar-refractivity contribution < 1.29 is 27.1 Å². The summed E-state index contributed by atoms with van der Waals surface area (Å²) in [7, 11) is -4.37. The minimum absolute atomic E-state index is 0.294. The van der Waals surface area contributed by atoms with Crippen molar-refractivity contribution in [2.75, 3.05) is 6.54 Å². The fourth-order valence-electron chi connectivity index (χ4n) is 1.18. The van der Waals surface area contributed by atoms with Gasteiger partial charge in [0, 0.05) is 0 Å². The van der Waals surface area contributed by atoms with Crippen molar-refractivity contribution in [2.45, 2.75) is 11.8 Å². The van der Waals surface area contributed by atoms with Crippen molar-refractivity contribution in [1.82, 2.24) is 4.72 Å². The van der Waals surface area contributed by atoms with E-state index in [2.05, 4.69) is 11.8 Å². The Morgan fingerprint density at radius 1 is 1.42 bits per heavy atom. The lowest BCUT2D eigenvalue weighted by Gasteiger charge is -2.07. The number of aromatic carboxylic acids is 1. The van der Waals surface area contributed by atoms with Crippen LogP contribution in [0.2, 0.25) is 0 Å². The summed E-state index contributed by atoms with van der Waals surface area (Å²) in [6.07, 6.45) is 0. The van der Waals surface area contributed by atoms with Gasteiger partial charge in [-0.2, -0.15) is 4.72 Å². The van der Waals surface area contributed by atoms with Gasteiger partial charge in [-0.15, -0.1) is 5.92 Å². The number of sulfonamides is 1. The molecule has 2 N–H and O–H groups in total. The van der Waals surface area contributed by atoms with Crippen LogP contribution in [0.15, 0.2) is 17.0 Å². The predicted octanol–water partition coefficient (Wildman–Crippen LogP) is 0.965. The van der Waals surface area contributed by atoms with Crippen LogP contribution in [0.3, 0.4) is 0 Å². The molecule has 0 spiro atoms. The van der Waals surface area contributed by atoms with Crippen molar-refractivity contribution in [2.24, 2.45) is 0 Å². The van der Waals surface area contributed by atoms with Gasteiger partial charge in [-0.1, -0.05) is 5.92 Å². The molecule has 0 unspecified atom stereocenters. The number of nitrogens with one attached hydrogen (secondary N) is 1.